The zero-order valence-corrected chi connectivity index (χ0v) is 17.2. The van der Waals surface area contributed by atoms with E-state index in [-0.39, 0.29) is 0 Å². The number of hydrogen-bond acceptors (Lipinski definition) is 1. The summed E-state index contributed by atoms with van der Waals surface area (Å²) in [5, 5.41) is 2.35. The fourth-order valence-corrected chi connectivity index (χ4v) is 4.46. The van der Waals surface area contributed by atoms with Crippen molar-refractivity contribution >= 4 is 21.9 Å². The summed E-state index contributed by atoms with van der Waals surface area (Å²) in [7, 11) is 0. The molecule has 0 aliphatic heterocycles. The summed E-state index contributed by atoms with van der Waals surface area (Å²) in [6.07, 6.45) is 0. The van der Waals surface area contributed by atoms with Crippen molar-refractivity contribution in [3.63, 3.8) is 0 Å². The molecule has 6 rings (SSSR count). The molecule has 148 valence electrons. The lowest BCUT2D eigenvalue weighted by molar-refractivity contribution is 0.631. The second kappa shape index (κ2) is 7.03. The second-order valence-corrected chi connectivity index (χ2v) is 7.91. The lowest BCUT2D eigenvalue weighted by atomic mass is 10.1. The van der Waals surface area contributed by atoms with Crippen LogP contribution in [0.25, 0.3) is 50.1 Å². The minimum Gasteiger partial charge on any atom is -0.456 e. The van der Waals surface area contributed by atoms with E-state index in [9.17, 15) is 0 Å². The molecule has 2 heteroatoms. The van der Waals surface area contributed by atoms with Crippen molar-refractivity contribution in [1.29, 1.82) is 0 Å². The van der Waals surface area contributed by atoms with Crippen LogP contribution in [-0.4, -0.2) is 4.57 Å². The molecule has 0 saturated heterocycles. The molecule has 0 fully saturated rings. The molecule has 2 aromatic heterocycles. The molecular formula is C29H21NO. The molecule has 0 bridgehead atoms. The van der Waals surface area contributed by atoms with Crippen LogP contribution in [0.5, 0.6) is 0 Å². The number of rotatable bonds is 3. The Labute approximate surface area is 181 Å². The molecule has 0 unspecified atom stereocenters. The number of nitrogens with zero attached hydrogens (tertiary/aromatic N) is 1. The molecule has 6 aromatic rings. The topological polar surface area (TPSA) is 18.1 Å². The fourth-order valence-electron chi connectivity index (χ4n) is 4.46. The molecule has 0 saturated carbocycles. The Morgan fingerprint density at radius 1 is 0.645 bits per heavy atom. The molecule has 0 atom stereocenters. The highest BCUT2D eigenvalue weighted by Gasteiger charge is 2.18. The number of aromatic nitrogens is 1. The standard InChI is InChI=1S/C29H21NO/c1-20-16-17-27-24(19-28(31-27)22-12-6-3-7-13-22)29(20)30-25-15-9-8-14-23(25)18-26(30)21-10-4-2-5-11-21/h2-19H,1H3. The van der Waals surface area contributed by atoms with E-state index < -0.39 is 0 Å². The first kappa shape index (κ1) is 17.8. The van der Waals surface area contributed by atoms with Gasteiger partial charge < -0.3 is 8.98 Å². The van der Waals surface area contributed by atoms with Gasteiger partial charge in [-0.15, -0.1) is 0 Å². The number of furan rings is 1. The molecule has 4 aromatic carbocycles. The summed E-state index contributed by atoms with van der Waals surface area (Å²) in [5.41, 5.74) is 7.94. The second-order valence-electron chi connectivity index (χ2n) is 7.91. The van der Waals surface area contributed by atoms with E-state index in [1.807, 2.05) is 18.2 Å². The average molecular weight is 399 g/mol. The summed E-state index contributed by atoms with van der Waals surface area (Å²) < 4.78 is 8.67. The van der Waals surface area contributed by atoms with Crippen LogP contribution in [0.1, 0.15) is 5.56 Å². The van der Waals surface area contributed by atoms with E-state index in [1.54, 1.807) is 0 Å². The van der Waals surface area contributed by atoms with Crippen molar-refractivity contribution in [2.75, 3.05) is 0 Å². The van der Waals surface area contributed by atoms with Gasteiger partial charge in [-0.2, -0.15) is 0 Å². The minimum atomic E-state index is 0.889. The predicted octanol–water partition coefficient (Wildman–Crippen LogP) is 8.02. The lowest BCUT2D eigenvalue weighted by Crippen LogP contribution is -2.00. The Bertz CT molecular complexity index is 1520. The van der Waals surface area contributed by atoms with Crippen LogP contribution >= 0.6 is 0 Å². The van der Waals surface area contributed by atoms with Crippen molar-refractivity contribution in [1.82, 2.24) is 4.57 Å². The third-order valence-electron chi connectivity index (χ3n) is 5.94. The van der Waals surface area contributed by atoms with Gasteiger partial charge in [-0.1, -0.05) is 84.9 Å². The van der Waals surface area contributed by atoms with Gasteiger partial charge in [0.05, 0.1) is 16.9 Å². The van der Waals surface area contributed by atoms with Crippen molar-refractivity contribution in [2.45, 2.75) is 6.92 Å². The third kappa shape index (κ3) is 2.88. The molecule has 0 radical (unpaired) electrons. The molecule has 0 aliphatic rings. The summed E-state index contributed by atoms with van der Waals surface area (Å²) in [6.45, 7) is 2.17. The number of aryl methyl sites for hydroxylation is 1. The molecule has 2 nitrogen and oxygen atoms in total. The molecule has 31 heavy (non-hydrogen) atoms. The van der Waals surface area contributed by atoms with Gasteiger partial charge in [-0.25, -0.2) is 0 Å². The van der Waals surface area contributed by atoms with Gasteiger partial charge in [0.2, 0.25) is 0 Å². The van der Waals surface area contributed by atoms with Gasteiger partial charge in [0, 0.05) is 16.3 Å². The van der Waals surface area contributed by atoms with Crippen LogP contribution in [0.15, 0.2) is 114 Å². The van der Waals surface area contributed by atoms with E-state index in [0.29, 0.717) is 0 Å². The summed E-state index contributed by atoms with van der Waals surface area (Å²) in [4.78, 5) is 0. The van der Waals surface area contributed by atoms with Gasteiger partial charge in [0.15, 0.2) is 0 Å². The zero-order valence-electron chi connectivity index (χ0n) is 17.2. The van der Waals surface area contributed by atoms with Gasteiger partial charge in [-0.05, 0) is 42.3 Å². The van der Waals surface area contributed by atoms with Gasteiger partial charge >= 0.3 is 0 Å². The predicted molar refractivity (Wildman–Crippen MR) is 129 cm³/mol. The lowest BCUT2D eigenvalue weighted by Gasteiger charge is -2.15. The maximum atomic E-state index is 6.29. The maximum Gasteiger partial charge on any atom is 0.136 e. The molecule has 0 N–H and O–H groups in total. The minimum absolute atomic E-state index is 0.889. The smallest absolute Gasteiger partial charge is 0.136 e. The van der Waals surface area contributed by atoms with Crippen LogP contribution in [-0.2, 0) is 0 Å². The van der Waals surface area contributed by atoms with E-state index in [0.717, 1.165) is 22.3 Å². The number of benzene rings is 4. The highest BCUT2D eigenvalue weighted by atomic mass is 16.3. The first-order valence-corrected chi connectivity index (χ1v) is 10.5. The van der Waals surface area contributed by atoms with Crippen molar-refractivity contribution in [3.05, 3.63) is 115 Å². The van der Waals surface area contributed by atoms with Gasteiger partial charge in [0.25, 0.3) is 0 Å². The van der Waals surface area contributed by atoms with E-state index >= 15 is 0 Å². The fraction of sp³-hybridized carbons (Fsp3) is 0.0345. The number of fused-ring (bicyclic) bond motifs is 2. The Kier molecular flexibility index (Phi) is 4.03. The van der Waals surface area contributed by atoms with Crippen molar-refractivity contribution < 1.29 is 4.42 Å². The molecule has 0 amide bonds. The van der Waals surface area contributed by atoms with Crippen LogP contribution in [0.3, 0.4) is 0 Å². The third-order valence-corrected chi connectivity index (χ3v) is 5.94. The van der Waals surface area contributed by atoms with Crippen molar-refractivity contribution in [2.24, 2.45) is 0 Å². The SMILES string of the molecule is Cc1ccc2oc(-c3ccccc3)cc2c1-n1c(-c2ccccc2)cc2ccccc21. The van der Waals surface area contributed by atoms with E-state index in [4.69, 9.17) is 4.42 Å². The largest absolute Gasteiger partial charge is 0.456 e. The highest BCUT2D eigenvalue weighted by Crippen LogP contribution is 2.38. The first-order chi connectivity index (χ1) is 15.3. The van der Waals surface area contributed by atoms with E-state index in [1.165, 1.54) is 33.4 Å². The number of hydrogen-bond donors (Lipinski definition) is 0. The normalized spacial score (nSPS) is 11.4. The Morgan fingerprint density at radius 2 is 1.32 bits per heavy atom. The Hall–Kier alpha value is -4.04. The summed E-state index contributed by atoms with van der Waals surface area (Å²) in [6, 6.07) is 38.1. The summed E-state index contributed by atoms with van der Waals surface area (Å²) >= 11 is 0. The summed E-state index contributed by atoms with van der Waals surface area (Å²) in [5.74, 6) is 0.889. The van der Waals surface area contributed by atoms with Crippen LogP contribution in [0.4, 0.5) is 0 Å². The zero-order chi connectivity index (χ0) is 20.8. The van der Waals surface area contributed by atoms with Gasteiger partial charge in [-0.3, -0.25) is 0 Å². The number of para-hydroxylation sites is 1. The first-order valence-electron chi connectivity index (χ1n) is 10.5. The highest BCUT2D eigenvalue weighted by molar-refractivity contribution is 5.97. The van der Waals surface area contributed by atoms with Crippen LogP contribution in [0, 0.1) is 6.92 Å². The van der Waals surface area contributed by atoms with Crippen LogP contribution in [0.2, 0.25) is 0 Å². The van der Waals surface area contributed by atoms with E-state index in [2.05, 4.69) is 102 Å². The molecular weight excluding hydrogens is 378 g/mol. The van der Waals surface area contributed by atoms with Crippen LogP contribution < -0.4 is 0 Å². The molecule has 0 aliphatic carbocycles. The monoisotopic (exact) mass is 399 g/mol. The average Bonchev–Trinajstić information content (AvgIpc) is 3.42. The maximum absolute atomic E-state index is 6.29. The molecule has 2 heterocycles. The Balaban J connectivity index is 1.69. The quantitative estimate of drug-likeness (QED) is 0.295. The Morgan fingerprint density at radius 3 is 2.10 bits per heavy atom. The van der Waals surface area contributed by atoms with Gasteiger partial charge in [0.1, 0.15) is 11.3 Å². The van der Waals surface area contributed by atoms with Crippen molar-refractivity contribution in [3.8, 4) is 28.3 Å². The molecule has 0 spiro atoms.